The lowest BCUT2D eigenvalue weighted by Crippen LogP contribution is -2.16. The first-order chi connectivity index (χ1) is 8.38. The van der Waals surface area contributed by atoms with Crippen LogP contribution in [-0.4, -0.2) is 23.8 Å². The molecule has 0 unspecified atom stereocenters. The predicted octanol–water partition coefficient (Wildman–Crippen LogP) is 3.62. The minimum Gasteiger partial charge on any atom is -0.497 e. The quantitative estimate of drug-likeness (QED) is 0.484. The van der Waals surface area contributed by atoms with Gasteiger partial charge < -0.3 is 9.47 Å². The summed E-state index contributed by atoms with van der Waals surface area (Å²) in [5.74, 6) is 0.344. The van der Waals surface area contributed by atoms with E-state index in [0.29, 0.717) is 17.1 Å². The van der Waals surface area contributed by atoms with Crippen molar-refractivity contribution >= 4 is 46.3 Å². The van der Waals surface area contributed by atoms with Crippen LogP contribution in [0.15, 0.2) is 30.3 Å². The first kappa shape index (κ1) is 15.2. The number of rotatable bonds is 4. The first-order valence-electron chi connectivity index (χ1n) is 4.89. The topological polar surface area (TPSA) is 35.5 Å². The number of hydrogen-bond donors (Lipinski definition) is 0. The van der Waals surface area contributed by atoms with Crippen LogP contribution >= 0.6 is 34.8 Å². The number of methoxy groups -OCH3 is 2. The fraction of sp³-hybridized carbons (Fsp3) is 0.250. The normalized spacial score (nSPS) is 12.2. The van der Waals surface area contributed by atoms with E-state index in [9.17, 15) is 4.79 Å². The van der Waals surface area contributed by atoms with Gasteiger partial charge in [0.05, 0.1) is 14.2 Å². The van der Waals surface area contributed by atoms with E-state index in [0.717, 1.165) is 6.08 Å². The summed E-state index contributed by atoms with van der Waals surface area (Å²) >= 11 is 16.4. The third-order valence-electron chi connectivity index (χ3n) is 2.14. The average molecular weight is 310 g/mol. The molecule has 3 nitrogen and oxygen atoms in total. The van der Waals surface area contributed by atoms with Crippen molar-refractivity contribution in [3.8, 4) is 5.75 Å². The van der Waals surface area contributed by atoms with Crippen LogP contribution in [0.1, 0.15) is 5.56 Å². The highest BCUT2D eigenvalue weighted by atomic mass is 35.6. The second-order valence-corrected chi connectivity index (χ2v) is 5.58. The maximum Gasteiger partial charge on any atom is 0.252 e. The minimum atomic E-state index is -1.99. The van der Waals surface area contributed by atoms with E-state index in [4.69, 9.17) is 44.3 Å². The molecule has 1 aromatic carbocycles. The van der Waals surface area contributed by atoms with E-state index >= 15 is 0 Å². The lowest BCUT2D eigenvalue weighted by Gasteiger charge is -2.10. The molecule has 0 atom stereocenters. The molecule has 0 aliphatic rings. The molecule has 1 aromatic rings. The van der Waals surface area contributed by atoms with Gasteiger partial charge in [-0.05, 0) is 24.3 Å². The van der Waals surface area contributed by atoms with Gasteiger partial charge in [0, 0.05) is 11.6 Å². The first-order valence-corrected chi connectivity index (χ1v) is 6.03. The molecule has 0 fully saturated rings. The Kier molecular flexibility index (Phi) is 5.32. The van der Waals surface area contributed by atoms with Crippen molar-refractivity contribution in [3.05, 3.63) is 35.9 Å². The van der Waals surface area contributed by atoms with Gasteiger partial charge in [-0.15, -0.1) is 0 Å². The lowest BCUT2D eigenvalue weighted by molar-refractivity contribution is -0.113. The van der Waals surface area contributed by atoms with Crippen LogP contribution in [0.3, 0.4) is 0 Å². The van der Waals surface area contributed by atoms with Gasteiger partial charge in [-0.2, -0.15) is 0 Å². The molecule has 6 heteroatoms. The van der Waals surface area contributed by atoms with Crippen LogP contribution < -0.4 is 4.74 Å². The van der Waals surface area contributed by atoms with Gasteiger partial charge in [-0.3, -0.25) is 4.79 Å². The molecular weight excluding hydrogens is 298 g/mol. The zero-order valence-corrected chi connectivity index (χ0v) is 12.0. The van der Waals surface area contributed by atoms with Crippen molar-refractivity contribution in [2.45, 2.75) is 3.79 Å². The van der Waals surface area contributed by atoms with Crippen LogP contribution in [0.2, 0.25) is 0 Å². The molecule has 0 saturated carbocycles. The van der Waals surface area contributed by atoms with Crippen molar-refractivity contribution in [2.24, 2.45) is 0 Å². The standard InChI is InChI=1S/C12H11Cl3O3/c1-17-9-5-3-8(4-6-9)10(18-2)7-11(16)12(13,14)15/h3-7H,1-2H3/b10-7-. The minimum absolute atomic E-state index is 0.314. The summed E-state index contributed by atoms with van der Waals surface area (Å²) in [7, 11) is 3.00. The van der Waals surface area contributed by atoms with E-state index in [2.05, 4.69) is 0 Å². The summed E-state index contributed by atoms with van der Waals surface area (Å²) in [6, 6.07) is 6.95. The van der Waals surface area contributed by atoms with E-state index < -0.39 is 9.58 Å². The summed E-state index contributed by atoms with van der Waals surface area (Å²) < 4.78 is 8.14. The van der Waals surface area contributed by atoms with Gasteiger partial charge >= 0.3 is 0 Å². The molecule has 0 aliphatic heterocycles. The van der Waals surface area contributed by atoms with E-state index in [1.54, 1.807) is 31.4 Å². The van der Waals surface area contributed by atoms with E-state index in [1.165, 1.54) is 7.11 Å². The highest BCUT2D eigenvalue weighted by Gasteiger charge is 2.29. The predicted molar refractivity (Wildman–Crippen MR) is 73.3 cm³/mol. The second-order valence-electron chi connectivity index (χ2n) is 3.30. The molecule has 0 aromatic heterocycles. The number of carbonyl (C=O) groups is 1. The molecule has 0 bridgehead atoms. The van der Waals surface area contributed by atoms with Crippen molar-refractivity contribution in [1.82, 2.24) is 0 Å². The maximum absolute atomic E-state index is 11.6. The van der Waals surface area contributed by atoms with Crippen LogP contribution in [0, 0.1) is 0 Å². The van der Waals surface area contributed by atoms with Gasteiger partial charge in [0.25, 0.3) is 3.79 Å². The van der Waals surface area contributed by atoms with Crippen LogP contribution in [0.5, 0.6) is 5.75 Å². The Bertz CT molecular complexity index is 447. The lowest BCUT2D eigenvalue weighted by atomic mass is 10.1. The smallest absolute Gasteiger partial charge is 0.252 e. The molecule has 0 saturated heterocycles. The zero-order chi connectivity index (χ0) is 13.8. The molecule has 0 N–H and O–H groups in total. The van der Waals surface area contributed by atoms with Crippen LogP contribution in [0.25, 0.3) is 5.76 Å². The molecule has 1 rings (SSSR count). The highest BCUT2D eigenvalue weighted by Crippen LogP contribution is 2.29. The Hall–Kier alpha value is -0.900. The monoisotopic (exact) mass is 308 g/mol. The third kappa shape index (κ3) is 4.09. The summed E-state index contributed by atoms with van der Waals surface area (Å²) in [4.78, 5) is 11.6. The zero-order valence-electron chi connectivity index (χ0n) is 9.75. The van der Waals surface area contributed by atoms with Crippen molar-refractivity contribution in [2.75, 3.05) is 14.2 Å². The van der Waals surface area contributed by atoms with E-state index in [1.807, 2.05) is 0 Å². The van der Waals surface area contributed by atoms with Crippen molar-refractivity contribution in [3.63, 3.8) is 0 Å². The molecule has 98 valence electrons. The Balaban J connectivity index is 3.02. The maximum atomic E-state index is 11.6. The van der Waals surface area contributed by atoms with Gasteiger partial charge in [-0.1, -0.05) is 34.8 Å². The van der Waals surface area contributed by atoms with Crippen LogP contribution in [0.4, 0.5) is 0 Å². The Labute approximate surface area is 120 Å². The Morgan fingerprint density at radius 2 is 1.72 bits per heavy atom. The largest absolute Gasteiger partial charge is 0.497 e. The molecule has 0 spiro atoms. The third-order valence-corrected chi connectivity index (χ3v) is 2.69. The number of hydrogen-bond acceptors (Lipinski definition) is 3. The Morgan fingerprint density at radius 1 is 1.17 bits per heavy atom. The number of allylic oxidation sites excluding steroid dienone is 1. The summed E-state index contributed by atoms with van der Waals surface area (Å²) in [5.41, 5.74) is 0.681. The number of carbonyl (C=O) groups excluding carboxylic acids is 1. The molecular formula is C12H11Cl3O3. The second kappa shape index (κ2) is 6.32. The van der Waals surface area contributed by atoms with Gasteiger partial charge in [0.1, 0.15) is 11.5 Å². The molecule has 0 amide bonds. The molecule has 0 radical (unpaired) electrons. The van der Waals surface area contributed by atoms with Gasteiger partial charge in [0.15, 0.2) is 0 Å². The summed E-state index contributed by atoms with van der Waals surface area (Å²) in [5, 5.41) is 0. The van der Waals surface area contributed by atoms with Crippen molar-refractivity contribution < 1.29 is 14.3 Å². The Morgan fingerprint density at radius 3 is 2.11 bits per heavy atom. The number of benzene rings is 1. The van der Waals surface area contributed by atoms with Gasteiger partial charge in [0.2, 0.25) is 5.78 Å². The average Bonchev–Trinajstić information content (AvgIpc) is 2.34. The summed E-state index contributed by atoms with van der Waals surface area (Å²) in [6.45, 7) is 0. The fourth-order valence-electron chi connectivity index (χ4n) is 1.22. The molecule has 0 heterocycles. The summed E-state index contributed by atoms with van der Waals surface area (Å²) in [6.07, 6.45) is 1.15. The number of alkyl halides is 3. The molecule has 0 aliphatic carbocycles. The molecule has 18 heavy (non-hydrogen) atoms. The van der Waals surface area contributed by atoms with E-state index in [-0.39, 0.29) is 0 Å². The number of ketones is 1. The number of halogens is 3. The van der Waals surface area contributed by atoms with Gasteiger partial charge in [-0.25, -0.2) is 0 Å². The van der Waals surface area contributed by atoms with Crippen LogP contribution in [-0.2, 0) is 9.53 Å². The SMILES string of the molecule is CO/C(=C\C(=O)C(Cl)(Cl)Cl)c1ccc(OC)cc1. The van der Waals surface area contributed by atoms with Crippen molar-refractivity contribution in [1.29, 1.82) is 0 Å². The highest BCUT2D eigenvalue weighted by molar-refractivity contribution is 6.77. The fourth-order valence-corrected chi connectivity index (χ4v) is 1.38. The number of ether oxygens (including phenoxy) is 2.